The fourth-order valence-electron chi connectivity index (χ4n) is 1.71. The summed E-state index contributed by atoms with van der Waals surface area (Å²) in [5.41, 5.74) is 0. The molecule has 1 aliphatic rings. The van der Waals surface area contributed by atoms with Crippen LogP contribution in [-0.4, -0.2) is 35.6 Å². The second-order valence-corrected chi connectivity index (χ2v) is 6.66. The average Bonchev–Trinajstić information content (AvgIpc) is 2.51. The van der Waals surface area contributed by atoms with E-state index in [1.54, 1.807) is 11.3 Å². The summed E-state index contributed by atoms with van der Waals surface area (Å²) >= 11 is 4.12. The van der Waals surface area contributed by atoms with E-state index < -0.39 is 0 Å². The zero-order valence-corrected chi connectivity index (χ0v) is 11.1. The van der Waals surface area contributed by atoms with Crippen LogP contribution in [0.1, 0.15) is 11.9 Å². The largest absolute Gasteiger partial charge is 0.312 e. The van der Waals surface area contributed by atoms with Gasteiger partial charge in [-0.15, -0.1) is 11.3 Å². The summed E-state index contributed by atoms with van der Waals surface area (Å²) < 4.78 is 1.28. The van der Waals surface area contributed by atoms with Crippen LogP contribution in [0.25, 0.3) is 0 Å². The first-order chi connectivity index (χ1) is 6.74. The quantitative estimate of drug-likeness (QED) is 0.837. The number of piperazine rings is 1. The first kappa shape index (κ1) is 10.8. The maximum Gasteiger partial charge on any atom is 0.108 e. The lowest BCUT2D eigenvalue weighted by atomic mass is 10.2. The first-order valence-corrected chi connectivity index (χ1v) is 6.69. The zero-order valence-electron chi connectivity index (χ0n) is 8.16. The van der Waals surface area contributed by atoms with E-state index in [2.05, 4.69) is 44.7 Å². The monoisotopic (exact) mass is 323 g/mol. The highest BCUT2D eigenvalue weighted by atomic mass is 127. The Hall–Kier alpha value is 0.280. The molecule has 78 valence electrons. The van der Waals surface area contributed by atoms with Crippen LogP contribution in [0.15, 0.2) is 6.20 Å². The van der Waals surface area contributed by atoms with Crippen LogP contribution in [0.5, 0.6) is 0 Å². The van der Waals surface area contributed by atoms with Crippen LogP contribution >= 0.6 is 33.9 Å². The van der Waals surface area contributed by atoms with Gasteiger partial charge in [0.05, 0.1) is 15.6 Å². The Bertz CT molecular complexity index is 302. The third-order valence-electron chi connectivity index (χ3n) is 2.34. The van der Waals surface area contributed by atoms with E-state index in [0.717, 1.165) is 26.2 Å². The Morgan fingerprint density at radius 2 is 2.64 bits per heavy atom. The van der Waals surface area contributed by atoms with Gasteiger partial charge in [0.2, 0.25) is 0 Å². The van der Waals surface area contributed by atoms with E-state index in [0.29, 0.717) is 6.04 Å². The van der Waals surface area contributed by atoms with Gasteiger partial charge in [-0.05, 0) is 29.5 Å². The van der Waals surface area contributed by atoms with Gasteiger partial charge in [-0.3, -0.25) is 4.90 Å². The molecule has 0 saturated carbocycles. The Morgan fingerprint density at radius 3 is 3.29 bits per heavy atom. The van der Waals surface area contributed by atoms with Gasteiger partial charge in [0.15, 0.2) is 0 Å². The van der Waals surface area contributed by atoms with Crippen molar-refractivity contribution in [2.24, 2.45) is 0 Å². The number of rotatable bonds is 2. The lowest BCUT2D eigenvalue weighted by Crippen LogP contribution is -2.48. The van der Waals surface area contributed by atoms with Crippen molar-refractivity contribution in [3.05, 3.63) is 14.1 Å². The van der Waals surface area contributed by atoms with Gasteiger partial charge < -0.3 is 5.32 Å². The maximum absolute atomic E-state index is 4.38. The molecule has 2 rings (SSSR count). The predicted octanol–water partition coefficient (Wildman–Crippen LogP) is 1.54. The van der Waals surface area contributed by atoms with Crippen molar-refractivity contribution in [3.63, 3.8) is 0 Å². The van der Waals surface area contributed by atoms with Crippen molar-refractivity contribution >= 4 is 33.9 Å². The third-order valence-corrected chi connectivity index (χ3v) is 4.05. The molecule has 1 aromatic rings. The first-order valence-electron chi connectivity index (χ1n) is 4.80. The van der Waals surface area contributed by atoms with Gasteiger partial charge in [0.1, 0.15) is 5.01 Å². The molecule has 0 aliphatic carbocycles. The molecular weight excluding hydrogens is 309 g/mol. The zero-order chi connectivity index (χ0) is 9.97. The highest BCUT2D eigenvalue weighted by Crippen LogP contribution is 2.17. The standard InChI is InChI=1S/C9H14IN3S/c1-7-5-13(3-2-11-7)6-9-12-4-8(10)14-9/h4,7,11H,2-3,5-6H2,1H3/t7-/m1/s1. The highest BCUT2D eigenvalue weighted by molar-refractivity contribution is 14.1. The summed E-state index contributed by atoms with van der Waals surface area (Å²) in [5.74, 6) is 0. The molecule has 5 heteroatoms. The Balaban J connectivity index is 1.90. The van der Waals surface area contributed by atoms with Crippen molar-refractivity contribution < 1.29 is 0 Å². The van der Waals surface area contributed by atoms with Crippen LogP contribution < -0.4 is 5.32 Å². The van der Waals surface area contributed by atoms with Gasteiger partial charge >= 0.3 is 0 Å². The lowest BCUT2D eigenvalue weighted by Gasteiger charge is -2.30. The van der Waals surface area contributed by atoms with Crippen LogP contribution in [0.3, 0.4) is 0 Å². The summed E-state index contributed by atoms with van der Waals surface area (Å²) in [4.78, 5) is 6.85. The minimum Gasteiger partial charge on any atom is -0.312 e. The molecule has 2 heterocycles. The van der Waals surface area contributed by atoms with Crippen LogP contribution in [-0.2, 0) is 6.54 Å². The van der Waals surface area contributed by atoms with Crippen molar-refractivity contribution in [2.75, 3.05) is 19.6 Å². The van der Waals surface area contributed by atoms with Gasteiger partial charge in [-0.2, -0.15) is 0 Å². The molecule has 1 N–H and O–H groups in total. The van der Waals surface area contributed by atoms with Crippen LogP contribution in [0.2, 0.25) is 0 Å². The highest BCUT2D eigenvalue weighted by Gasteiger charge is 2.16. The van der Waals surface area contributed by atoms with E-state index in [9.17, 15) is 0 Å². The molecule has 1 aromatic heterocycles. The molecule has 0 unspecified atom stereocenters. The minimum atomic E-state index is 0.614. The second-order valence-electron chi connectivity index (χ2n) is 3.65. The third kappa shape index (κ3) is 2.88. The fourth-order valence-corrected chi connectivity index (χ4v) is 3.29. The number of nitrogens with zero attached hydrogens (tertiary/aromatic N) is 2. The van der Waals surface area contributed by atoms with Crippen LogP contribution in [0, 0.1) is 2.88 Å². The molecule has 14 heavy (non-hydrogen) atoms. The average molecular weight is 323 g/mol. The predicted molar refractivity (Wildman–Crippen MR) is 67.6 cm³/mol. The molecule has 0 bridgehead atoms. The van der Waals surface area contributed by atoms with E-state index in [4.69, 9.17) is 0 Å². The molecule has 0 radical (unpaired) electrons. The summed E-state index contributed by atoms with van der Waals surface area (Å²) in [6.07, 6.45) is 1.95. The molecule has 0 spiro atoms. The molecular formula is C9H14IN3S. The molecule has 0 amide bonds. The number of hydrogen-bond donors (Lipinski definition) is 1. The van der Waals surface area contributed by atoms with E-state index in [-0.39, 0.29) is 0 Å². The van der Waals surface area contributed by atoms with Gasteiger partial charge in [0, 0.05) is 25.7 Å². The van der Waals surface area contributed by atoms with Crippen molar-refractivity contribution in [1.82, 2.24) is 15.2 Å². The number of hydrogen-bond acceptors (Lipinski definition) is 4. The van der Waals surface area contributed by atoms with Crippen molar-refractivity contribution in [2.45, 2.75) is 19.5 Å². The van der Waals surface area contributed by atoms with E-state index in [1.807, 2.05) is 6.20 Å². The molecule has 1 aliphatic heterocycles. The Labute approximate surface area is 102 Å². The topological polar surface area (TPSA) is 28.2 Å². The Morgan fingerprint density at radius 1 is 1.79 bits per heavy atom. The van der Waals surface area contributed by atoms with Crippen molar-refractivity contribution in [3.8, 4) is 0 Å². The minimum absolute atomic E-state index is 0.614. The number of aromatic nitrogens is 1. The number of halogens is 1. The lowest BCUT2D eigenvalue weighted by molar-refractivity contribution is 0.199. The van der Waals surface area contributed by atoms with E-state index >= 15 is 0 Å². The summed E-state index contributed by atoms with van der Waals surface area (Å²) in [7, 11) is 0. The van der Waals surface area contributed by atoms with Crippen LogP contribution in [0.4, 0.5) is 0 Å². The Kier molecular flexibility index (Phi) is 3.75. The van der Waals surface area contributed by atoms with Gasteiger partial charge in [-0.25, -0.2) is 4.98 Å². The molecule has 1 saturated heterocycles. The normalized spacial score (nSPS) is 24.0. The molecule has 3 nitrogen and oxygen atoms in total. The van der Waals surface area contributed by atoms with E-state index in [1.165, 1.54) is 7.89 Å². The SMILES string of the molecule is C[C@@H]1CN(Cc2ncc(I)s2)CCN1. The molecule has 0 aromatic carbocycles. The fraction of sp³-hybridized carbons (Fsp3) is 0.667. The number of thiazole rings is 1. The summed E-state index contributed by atoms with van der Waals surface area (Å²) in [6, 6.07) is 0.614. The van der Waals surface area contributed by atoms with Crippen molar-refractivity contribution in [1.29, 1.82) is 0 Å². The maximum atomic E-state index is 4.38. The summed E-state index contributed by atoms with van der Waals surface area (Å²) in [6.45, 7) is 6.62. The smallest absolute Gasteiger partial charge is 0.108 e. The molecule has 1 atom stereocenters. The van der Waals surface area contributed by atoms with Gasteiger partial charge in [0.25, 0.3) is 0 Å². The summed E-state index contributed by atoms with van der Waals surface area (Å²) in [5, 5.41) is 4.68. The molecule has 1 fully saturated rings. The number of nitrogens with one attached hydrogen (secondary N) is 1. The second kappa shape index (κ2) is 4.87. The van der Waals surface area contributed by atoms with Gasteiger partial charge in [-0.1, -0.05) is 0 Å².